The molecule has 30 heavy (non-hydrogen) atoms. The Morgan fingerprint density at radius 3 is 2.33 bits per heavy atom. The highest BCUT2D eigenvalue weighted by Gasteiger charge is 2.38. The van der Waals surface area contributed by atoms with E-state index in [0.717, 1.165) is 10.3 Å². The lowest BCUT2D eigenvalue weighted by Crippen LogP contribution is -2.47. The quantitative estimate of drug-likeness (QED) is 0.467. The van der Waals surface area contributed by atoms with Crippen molar-refractivity contribution in [2.75, 3.05) is 6.61 Å². The van der Waals surface area contributed by atoms with Crippen molar-refractivity contribution in [2.45, 2.75) is 55.7 Å². The van der Waals surface area contributed by atoms with Gasteiger partial charge in [0.2, 0.25) is 4.34 Å². The van der Waals surface area contributed by atoms with Crippen LogP contribution in [0.15, 0.2) is 58.9 Å². The molecule has 8 heteroatoms. The monoisotopic (exact) mass is 462 g/mol. The standard InChI is InChI=1S/C22H30N2O3S2Si/c1-22(2,3)30(4,5)27-16-18(15-17-11-7-6-8-12-17)24-29(25,26)21-23-19-13-9-10-14-20(19)28-21/h6-14,18,24H,15-16H2,1-5H3/t18-/m0/s1. The van der Waals surface area contributed by atoms with Crippen molar-refractivity contribution in [2.24, 2.45) is 0 Å². The number of hydrogen-bond acceptors (Lipinski definition) is 5. The fourth-order valence-corrected chi connectivity index (χ4v) is 6.30. The Hall–Kier alpha value is -1.58. The molecule has 2 aromatic carbocycles. The summed E-state index contributed by atoms with van der Waals surface area (Å²) in [6, 6.07) is 17.0. The maximum Gasteiger partial charge on any atom is 0.268 e. The minimum absolute atomic E-state index is 0.0518. The summed E-state index contributed by atoms with van der Waals surface area (Å²) < 4.78 is 36.4. The summed E-state index contributed by atoms with van der Waals surface area (Å²) in [4.78, 5) is 4.33. The number of fused-ring (bicyclic) bond motifs is 1. The molecule has 0 aliphatic heterocycles. The van der Waals surface area contributed by atoms with Crippen LogP contribution in [0.2, 0.25) is 18.1 Å². The first-order valence-corrected chi connectivity index (χ1v) is 15.2. The predicted molar refractivity (Wildman–Crippen MR) is 127 cm³/mol. The average molecular weight is 463 g/mol. The van der Waals surface area contributed by atoms with E-state index in [1.807, 2.05) is 54.6 Å². The second-order valence-corrected chi connectivity index (χ2v) is 16.8. The third-order valence-corrected chi connectivity index (χ3v) is 13.0. The van der Waals surface area contributed by atoms with E-state index in [-0.39, 0.29) is 15.4 Å². The van der Waals surface area contributed by atoms with Crippen LogP contribution in [0.3, 0.4) is 0 Å². The van der Waals surface area contributed by atoms with Gasteiger partial charge in [-0.25, -0.2) is 18.1 Å². The maximum atomic E-state index is 13.1. The Balaban J connectivity index is 1.83. The Morgan fingerprint density at radius 2 is 1.70 bits per heavy atom. The molecule has 1 atom stereocenters. The molecule has 162 valence electrons. The van der Waals surface area contributed by atoms with E-state index in [1.165, 1.54) is 11.3 Å². The van der Waals surface area contributed by atoms with Gasteiger partial charge in [-0.15, -0.1) is 11.3 Å². The highest BCUT2D eigenvalue weighted by Crippen LogP contribution is 2.36. The molecule has 5 nitrogen and oxygen atoms in total. The topological polar surface area (TPSA) is 68.3 Å². The molecule has 0 bridgehead atoms. The lowest BCUT2D eigenvalue weighted by atomic mass is 10.1. The summed E-state index contributed by atoms with van der Waals surface area (Å²) in [5.41, 5.74) is 1.76. The molecule has 0 aliphatic rings. The first-order chi connectivity index (χ1) is 14.0. The fourth-order valence-electron chi connectivity index (χ4n) is 2.79. The van der Waals surface area contributed by atoms with Gasteiger partial charge in [0.15, 0.2) is 8.32 Å². The SMILES string of the molecule is CC(C)(C)[Si](C)(C)OC[C@H](Cc1ccccc1)NS(=O)(=O)c1nc2ccccc2s1. The second-order valence-electron chi connectivity index (χ2n) is 9.03. The molecule has 0 radical (unpaired) electrons. The van der Waals surface area contributed by atoms with E-state index in [0.29, 0.717) is 18.5 Å². The fraction of sp³-hybridized carbons (Fsp3) is 0.409. The highest BCUT2D eigenvalue weighted by molar-refractivity contribution is 7.91. The molecule has 0 amide bonds. The molecule has 1 aromatic heterocycles. The van der Waals surface area contributed by atoms with E-state index < -0.39 is 18.3 Å². The van der Waals surface area contributed by atoms with Crippen molar-refractivity contribution in [1.82, 2.24) is 9.71 Å². The molecule has 0 unspecified atom stereocenters. The van der Waals surface area contributed by atoms with Crippen LogP contribution >= 0.6 is 11.3 Å². The first kappa shape index (κ1) is 23.1. The minimum atomic E-state index is -3.75. The van der Waals surface area contributed by atoms with Crippen LogP contribution in [0.1, 0.15) is 26.3 Å². The minimum Gasteiger partial charge on any atom is -0.415 e. The van der Waals surface area contributed by atoms with E-state index in [2.05, 4.69) is 43.6 Å². The average Bonchev–Trinajstić information content (AvgIpc) is 3.11. The largest absolute Gasteiger partial charge is 0.415 e. The van der Waals surface area contributed by atoms with Crippen molar-refractivity contribution in [3.63, 3.8) is 0 Å². The van der Waals surface area contributed by atoms with E-state index in [4.69, 9.17) is 4.43 Å². The van der Waals surface area contributed by atoms with Gasteiger partial charge in [-0.1, -0.05) is 63.2 Å². The number of sulfonamides is 1. The normalized spacial score (nSPS) is 14.2. The smallest absolute Gasteiger partial charge is 0.268 e. The van der Waals surface area contributed by atoms with Crippen LogP contribution in [0.5, 0.6) is 0 Å². The molecule has 0 fully saturated rings. The molecule has 3 aromatic rings. The number of rotatable bonds is 8. The summed E-state index contributed by atoms with van der Waals surface area (Å²) in [7, 11) is -5.77. The third-order valence-electron chi connectivity index (χ3n) is 5.60. The predicted octanol–water partition coefficient (Wildman–Crippen LogP) is 5.21. The number of nitrogens with zero attached hydrogens (tertiary/aromatic N) is 1. The van der Waals surface area contributed by atoms with Crippen LogP contribution < -0.4 is 4.72 Å². The number of benzene rings is 2. The van der Waals surface area contributed by atoms with Gasteiger partial charge >= 0.3 is 0 Å². The van der Waals surface area contributed by atoms with Crippen molar-refractivity contribution in [1.29, 1.82) is 0 Å². The van der Waals surface area contributed by atoms with Crippen LogP contribution in [0.25, 0.3) is 10.2 Å². The summed E-state index contributed by atoms with van der Waals surface area (Å²) in [5.74, 6) is 0. The molecular formula is C22H30N2O3S2Si. The highest BCUT2D eigenvalue weighted by atomic mass is 32.2. The maximum absolute atomic E-state index is 13.1. The van der Waals surface area contributed by atoms with Crippen molar-refractivity contribution in [3.05, 3.63) is 60.2 Å². The zero-order valence-electron chi connectivity index (χ0n) is 18.2. The Morgan fingerprint density at radius 1 is 1.07 bits per heavy atom. The molecule has 0 saturated heterocycles. The Kier molecular flexibility index (Phi) is 6.83. The second kappa shape index (κ2) is 8.88. The van der Waals surface area contributed by atoms with Gasteiger partial charge in [0.1, 0.15) is 0 Å². The number of nitrogens with one attached hydrogen (secondary N) is 1. The van der Waals surface area contributed by atoms with Crippen molar-refractivity contribution >= 4 is 39.9 Å². The molecule has 0 saturated carbocycles. The van der Waals surface area contributed by atoms with Crippen LogP contribution in [0.4, 0.5) is 0 Å². The number of aromatic nitrogens is 1. The van der Waals surface area contributed by atoms with Crippen molar-refractivity contribution < 1.29 is 12.8 Å². The van der Waals surface area contributed by atoms with Gasteiger partial charge in [-0.3, -0.25) is 0 Å². The number of para-hydroxylation sites is 1. The molecule has 1 heterocycles. The zero-order valence-corrected chi connectivity index (χ0v) is 20.8. The number of hydrogen-bond donors (Lipinski definition) is 1. The number of thiazole rings is 1. The van der Waals surface area contributed by atoms with Crippen LogP contribution in [0, 0.1) is 0 Å². The van der Waals surface area contributed by atoms with E-state index in [9.17, 15) is 8.42 Å². The molecule has 0 spiro atoms. The molecule has 1 N–H and O–H groups in total. The molecule has 0 aliphatic carbocycles. The summed E-state index contributed by atoms with van der Waals surface area (Å²) >= 11 is 1.19. The van der Waals surface area contributed by atoms with E-state index >= 15 is 0 Å². The van der Waals surface area contributed by atoms with Gasteiger partial charge in [0, 0.05) is 6.04 Å². The zero-order chi connectivity index (χ0) is 22.0. The Bertz CT molecular complexity index is 1060. The van der Waals surface area contributed by atoms with Gasteiger partial charge < -0.3 is 4.43 Å². The lowest BCUT2D eigenvalue weighted by Gasteiger charge is -2.37. The van der Waals surface area contributed by atoms with Crippen LogP contribution in [-0.2, 0) is 20.9 Å². The van der Waals surface area contributed by atoms with Crippen molar-refractivity contribution in [3.8, 4) is 0 Å². The summed E-state index contributed by atoms with van der Waals surface area (Å²) in [6.07, 6.45) is 0.555. The van der Waals surface area contributed by atoms with Gasteiger partial charge in [0.05, 0.1) is 16.8 Å². The summed E-state index contributed by atoms with van der Waals surface area (Å²) in [5, 5.41) is 0.0518. The first-order valence-electron chi connectivity index (χ1n) is 10.0. The van der Waals surface area contributed by atoms with Gasteiger partial charge in [-0.2, -0.15) is 0 Å². The summed E-state index contributed by atoms with van der Waals surface area (Å²) in [6.45, 7) is 11.2. The molecule has 3 rings (SSSR count). The van der Waals surface area contributed by atoms with Gasteiger partial charge in [0.25, 0.3) is 10.0 Å². The van der Waals surface area contributed by atoms with E-state index in [1.54, 1.807) is 0 Å². The molecular weight excluding hydrogens is 432 g/mol. The van der Waals surface area contributed by atoms with Gasteiger partial charge in [-0.05, 0) is 42.2 Å². The lowest BCUT2D eigenvalue weighted by molar-refractivity contribution is 0.254. The Labute approximate surface area is 184 Å². The van der Waals surface area contributed by atoms with Crippen LogP contribution in [-0.4, -0.2) is 34.4 Å². The third kappa shape index (κ3) is 5.56.